The number of nitrogens with one attached hydrogen (secondary N) is 2. The lowest BCUT2D eigenvalue weighted by Gasteiger charge is -2.12. The van der Waals surface area contributed by atoms with E-state index in [2.05, 4.69) is 20.8 Å². The number of nitrogens with zero attached hydrogens (tertiary/aromatic N) is 3. The van der Waals surface area contributed by atoms with Crippen molar-refractivity contribution in [2.24, 2.45) is 0 Å². The van der Waals surface area contributed by atoms with E-state index in [-0.39, 0.29) is 17.6 Å². The third-order valence-electron chi connectivity index (χ3n) is 3.50. The number of benzene rings is 2. The first-order valence-electron chi connectivity index (χ1n) is 8.08. The first-order valence-corrected chi connectivity index (χ1v) is 9.82. The van der Waals surface area contributed by atoms with Gasteiger partial charge in [0.2, 0.25) is 11.8 Å². The van der Waals surface area contributed by atoms with Crippen LogP contribution in [0.4, 0.5) is 11.4 Å². The molecule has 0 bridgehead atoms. The van der Waals surface area contributed by atoms with E-state index in [4.69, 9.17) is 23.2 Å². The molecule has 2 aromatic carbocycles. The van der Waals surface area contributed by atoms with Crippen molar-refractivity contribution < 1.29 is 9.59 Å². The number of rotatable bonds is 6. The van der Waals surface area contributed by atoms with Crippen molar-refractivity contribution in [3.05, 3.63) is 58.8 Å². The molecule has 0 unspecified atom stereocenters. The molecule has 3 aromatic rings. The van der Waals surface area contributed by atoms with Gasteiger partial charge >= 0.3 is 0 Å². The summed E-state index contributed by atoms with van der Waals surface area (Å²) >= 11 is 13.2. The Balaban J connectivity index is 1.69. The molecule has 0 saturated carbocycles. The Kier molecular flexibility index (Phi) is 6.56. The number of hydrogen-bond donors (Lipinski definition) is 2. The summed E-state index contributed by atoms with van der Waals surface area (Å²) in [5, 5.41) is 14.9. The molecule has 0 radical (unpaired) electrons. The van der Waals surface area contributed by atoms with Gasteiger partial charge in [-0.2, -0.15) is 0 Å². The number of hydrogen-bond acceptors (Lipinski definition) is 5. The molecule has 0 atom stereocenters. The maximum absolute atomic E-state index is 12.4. The van der Waals surface area contributed by atoms with E-state index in [0.29, 0.717) is 26.6 Å². The van der Waals surface area contributed by atoms with E-state index in [1.54, 1.807) is 41.2 Å². The monoisotopic (exact) mass is 435 g/mol. The standard InChI is InChI=1S/C18H15Cl2N5O2S/c1-11(26)22-15-6-5-13(20)8-16(15)23-17(27)9-28-18-24-21-10-25(18)14-4-2-3-12(19)7-14/h2-8,10H,9H2,1H3,(H,22,26)(H,23,27). The Morgan fingerprint density at radius 2 is 1.86 bits per heavy atom. The highest BCUT2D eigenvalue weighted by atomic mass is 35.5. The minimum Gasteiger partial charge on any atom is -0.325 e. The maximum Gasteiger partial charge on any atom is 0.234 e. The van der Waals surface area contributed by atoms with Crippen molar-refractivity contribution in [1.29, 1.82) is 0 Å². The SMILES string of the molecule is CC(=O)Nc1ccc(Cl)cc1NC(=O)CSc1nncn1-c1cccc(Cl)c1. The normalized spacial score (nSPS) is 10.5. The van der Waals surface area contributed by atoms with E-state index >= 15 is 0 Å². The van der Waals surface area contributed by atoms with E-state index in [0.717, 1.165) is 5.69 Å². The zero-order valence-electron chi connectivity index (χ0n) is 14.6. The number of thioether (sulfide) groups is 1. The number of aromatic nitrogens is 3. The van der Waals surface area contributed by atoms with Crippen molar-refractivity contribution in [3.63, 3.8) is 0 Å². The first kappa shape index (κ1) is 20.2. The molecule has 0 aliphatic rings. The molecule has 2 N–H and O–H groups in total. The van der Waals surface area contributed by atoms with Gasteiger partial charge in [0, 0.05) is 17.0 Å². The fraction of sp³-hybridized carbons (Fsp3) is 0.111. The molecule has 3 rings (SSSR count). The third kappa shape index (κ3) is 5.25. The molecule has 7 nitrogen and oxygen atoms in total. The van der Waals surface area contributed by atoms with E-state index in [1.165, 1.54) is 18.7 Å². The molecule has 10 heteroatoms. The van der Waals surface area contributed by atoms with Crippen molar-refractivity contribution in [1.82, 2.24) is 14.8 Å². The van der Waals surface area contributed by atoms with E-state index in [9.17, 15) is 9.59 Å². The molecule has 0 aliphatic heterocycles. The van der Waals surface area contributed by atoms with Gasteiger partial charge in [-0.1, -0.05) is 41.0 Å². The van der Waals surface area contributed by atoms with Gasteiger partial charge in [0.05, 0.1) is 22.8 Å². The molecular weight excluding hydrogens is 421 g/mol. The van der Waals surface area contributed by atoms with Crippen LogP contribution in [0.5, 0.6) is 0 Å². The summed E-state index contributed by atoms with van der Waals surface area (Å²) in [4.78, 5) is 23.7. The van der Waals surface area contributed by atoms with Gasteiger partial charge in [0.25, 0.3) is 0 Å². The van der Waals surface area contributed by atoms with Crippen LogP contribution < -0.4 is 10.6 Å². The average Bonchev–Trinajstić information content (AvgIpc) is 3.10. The number of amides is 2. The zero-order chi connectivity index (χ0) is 20.1. The van der Waals surface area contributed by atoms with Gasteiger partial charge < -0.3 is 10.6 Å². The lowest BCUT2D eigenvalue weighted by molar-refractivity contribution is -0.115. The first-order chi connectivity index (χ1) is 13.4. The van der Waals surface area contributed by atoms with Gasteiger partial charge in [-0.15, -0.1) is 10.2 Å². The summed E-state index contributed by atoms with van der Waals surface area (Å²) in [5.74, 6) is -0.438. The van der Waals surface area contributed by atoms with E-state index < -0.39 is 0 Å². The summed E-state index contributed by atoms with van der Waals surface area (Å²) in [5.41, 5.74) is 1.69. The molecule has 0 saturated heterocycles. The van der Waals surface area contributed by atoms with E-state index in [1.807, 2.05) is 12.1 Å². The molecule has 1 aromatic heterocycles. The van der Waals surface area contributed by atoms with Crippen LogP contribution in [0.3, 0.4) is 0 Å². The summed E-state index contributed by atoms with van der Waals surface area (Å²) < 4.78 is 1.74. The summed E-state index contributed by atoms with van der Waals surface area (Å²) in [6.07, 6.45) is 1.55. The Labute approximate surface area is 175 Å². The summed E-state index contributed by atoms with van der Waals surface area (Å²) in [6.45, 7) is 1.39. The van der Waals surface area contributed by atoms with Crippen LogP contribution in [0.25, 0.3) is 5.69 Å². The number of carbonyl (C=O) groups excluding carboxylic acids is 2. The predicted molar refractivity (Wildman–Crippen MR) is 111 cm³/mol. The minimum absolute atomic E-state index is 0.0886. The number of anilines is 2. The van der Waals surface area contributed by atoms with Gasteiger partial charge in [-0.05, 0) is 36.4 Å². The quantitative estimate of drug-likeness (QED) is 0.564. The van der Waals surface area contributed by atoms with Gasteiger partial charge in [-0.3, -0.25) is 14.2 Å². The van der Waals surface area contributed by atoms with Crippen LogP contribution in [0.15, 0.2) is 53.9 Å². The largest absolute Gasteiger partial charge is 0.325 e. The van der Waals surface area contributed by atoms with Gasteiger partial charge in [-0.25, -0.2) is 0 Å². The topological polar surface area (TPSA) is 88.9 Å². The van der Waals surface area contributed by atoms with Gasteiger partial charge in [0.15, 0.2) is 5.16 Å². The third-order valence-corrected chi connectivity index (χ3v) is 4.91. The molecule has 28 heavy (non-hydrogen) atoms. The smallest absolute Gasteiger partial charge is 0.234 e. The predicted octanol–water partition coefficient (Wildman–Crippen LogP) is 4.26. The Morgan fingerprint density at radius 3 is 2.61 bits per heavy atom. The highest BCUT2D eigenvalue weighted by molar-refractivity contribution is 7.99. The Morgan fingerprint density at radius 1 is 1.07 bits per heavy atom. The lowest BCUT2D eigenvalue weighted by atomic mass is 10.2. The fourth-order valence-corrected chi connectivity index (χ4v) is 3.45. The van der Waals surface area contributed by atoms with Crippen LogP contribution in [-0.4, -0.2) is 32.3 Å². The van der Waals surface area contributed by atoms with Crippen molar-refractivity contribution in [3.8, 4) is 5.69 Å². The van der Waals surface area contributed by atoms with Crippen LogP contribution in [0, 0.1) is 0 Å². The van der Waals surface area contributed by atoms with Gasteiger partial charge in [0.1, 0.15) is 6.33 Å². The van der Waals surface area contributed by atoms with Crippen molar-refractivity contribution >= 4 is 58.2 Å². The second-order valence-corrected chi connectivity index (χ2v) is 7.49. The minimum atomic E-state index is -0.278. The molecule has 144 valence electrons. The fourth-order valence-electron chi connectivity index (χ4n) is 2.36. The molecule has 0 fully saturated rings. The second kappa shape index (κ2) is 9.09. The van der Waals surface area contributed by atoms with Crippen LogP contribution in [-0.2, 0) is 9.59 Å². The highest BCUT2D eigenvalue weighted by Crippen LogP contribution is 2.27. The molecule has 1 heterocycles. The van der Waals surface area contributed by atoms with Crippen LogP contribution in [0.1, 0.15) is 6.92 Å². The molecule has 2 amide bonds. The summed E-state index contributed by atoms with van der Waals surface area (Å²) in [7, 11) is 0. The number of halogens is 2. The lowest BCUT2D eigenvalue weighted by Crippen LogP contribution is -2.17. The zero-order valence-corrected chi connectivity index (χ0v) is 17.0. The second-order valence-electron chi connectivity index (χ2n) is 5.67. The number of carbonyl (C=O) groups is 2. The van der Waals surface area contributed by atoms with Crippen LogP contribution in [0.2, 0.25) is 10.0 Å². The Hall–Kier alpha value is -2.55. The van der Waals surface area contributed by atoms with Crippen LogP contribution >= 0.6 is 35.0 Å². The van der Waals surface area contributed by atoms with Crippen molar-refractivity contribution in [2.45, 2.75) is 12.1 Å². The molecule has 0 aliphatic carbocycles. The maximum atomic E-state index is 12.4. The van der Waals surface area contributed by atoms with Crippen molar-refractivity contribution in [2.75, 3.05) is 16.4 Å². The average molecular weight is 436 g/mol. The Bertz CT molecular complexity index is 1020. The highest BCUT2D eigenvalue weighted by Gasteiger charge is 2.13. The summed E-state index contributed by atoms with van der Waals surface area (Å²) in [6, 6.07) is 12.1. The molecule has 0 spiro atoms. The molecular formula is C18H15Cl2N5O2S.